The van der Waals surface area contributed by atoms with Gasteiger partial charge in [-0.3, -0.25) is 9.80 Å². The van der Waals surface area contributed by atoms with Crippen LogP contribution in [0.3, 0.4) is 0 Å². The van der Waals surface area contributed by atoms with E-state index >= 15 is 0 Å². The number of piperazine rings is 1. The fraction of sp³-hybridized carbons (Fsp3) is 0.933. The van der Waals surface area contributed by atoms with Crippen LogP contribution in [0.15, 0.2) is 0 Å². The van der Waals surface area contributed by atoms with Crippen molar-refractivity contribution in [2.75, 3.05) is 45.8 Å². The first-order valence-corrected chi connectivity index (χ1v) is 7.84. The average molecular weight is 264 g/mol. The molecule has 0 unspecified atom stereocenters. The second kappa shape index (κ2) is 7.23. The molecule has 0 aliphatic carbocycles. The summed E-state index contributed by atoms with van der Waals surface area (Å²) >= 11 is 0. The van der Waals surface area contributed by atoms with Gasteiger partial charge in [0.25, 0.3) is 0 Å². The van der Waals surface area contributed by atoms with E-state index in [4.69, 9.17) is 5.26 Å². The fourth-order valence-electron chi connectivity index (χ4n) is 3.40. The zero-order valence-electron chi connectivity index (χ0n) is 12.5. The largest absolute Gasteiger partial charge is 0.303 e. The summed E-state index contributed by atoms with van der Waals surface area (Å²) < 4.78 is 0. The first-order chi connectivity index (χ1) is 9.24. The third-order valence-corrected chi connectivity index (χ3v) is 4.70. The highest BCUT2D eigenvalue weighted by Gasteiger charge is 2.28. The van der Waals surface area contributed by atoms with Crippen LogP contribution in [0.1, 0.15) is 33.1 Å². The lowest BCUT2D eigenvalue weighted by Gasteiger charge is -2.43. The monoisotopic (exact) mass is 264 g/mol. The highest BCUT2D eigenvalue weighted by atomic mass is 15.3. The molecule has 0 N–H and O–H groups in total. The topological polar surface area (TPSA) is 33.5 Å². The van der Waals surface area contributed by atoms with Gasteiger partial charge in [0.1, 0.15) is 0 Å². The van der Waals surface area contributed by atoms with E-state index in [1.54, 1.807) is 0 Å². The molecular formula is C15H28N4. The molecule has 1 atom stereocenters. The minimum Gasteiger partial charge on any atom is -0.303 e. The second-order valence-corrected chi connectivity index (χ2v) is 5.95. The Labute approximate surface area is 118 Å². The Kier molecular flexibility index (Phi) is 5.62. The molecule has 0 radical (unpaired) electrons. The van der Waals surface area contributed by atoms with Gasteiger partial charge < -0.3 is 4.90 Å². The second-order valence-electron chi connectivity index (χ2n) is 5.95. The third kappa shape index (κ3) is 3.92. The molecular weight excluding hydrogens is 236 g/mol. The van der Waals surface area contributed by atoms with Crippen LogP contribution in [0.4, 0.5) is 0 Å². The summed E-state index contributed by atoms with van der Waals surface area (Å²) in [5, 5.41) is 8.97. The van der Waals surface area contributed by atoms with Crippen molar-refractivity contribution in [3.63, 3.8) is 0 Å². The predicted molar refractivity (Wildman–Crippen MR) is 78.0 cm³/mol. The van der Waals surface area contributed by atoms with Gasteiger partial charge >= 0.3 is 0 Å². The van der Waals surface area contributed by atoms with Gasteiger partial charge in [-0.05, 0) is 45.8 Å². The van der Waals surface area contributed by atoms with E-state index in [1.165, 1.54) is 38.9 Å². The minimum absolute atomic E-state index is 0.0774. The Morgan fingerprint density at radius 3 is 2.26 bits per heavy atom. The zero-order valence-corrected chi connectivity index (χ0v) is 12.5. The van der Waals surface area contributed by atoms with Crippen LogP contribution in [0.2, 0.25) is 0 Å². The smallest absolute Gasteiger partial charge is 0.0950 e. The summed E-state index contributed by atoms with van der Waals surface area (Å²) in [6.07, 6.45) is 3.93. The summed E-state index contributed by atoms with van der Waals surface area (Å²) in [5.74, 6) is 0. The van der Waals surface area contributed by atoms with E-state index in [0.29, 0.717) is 0 Å². The molecule has 2 fully saturated rings. The molecule has 2 saturated heterocycles. The molecule has 4 nitrogen and oxygen atoms in total. The molecule has 0 spiro atoms. The zero-order chi connectivity index (χ0) is 13.7. The Bertz CT molecular complexity index is 296. The standard InChI is InChI=1S/C15H28N4/c1-3-6-17-7-4-15(5-8-17)19-11-9-18(10-12-19)14(2)13-16/h14-15H,3-12H2,1-2H3/t14-/m1/s1. The van der Waals surface area contributed by atoms with Crippen molar-refractivity contribution in [2.45, 2.75) is 45.2 Å². The van der Waals surface area contributed by atoms with Gasteiger partial charge in [-0.2, -0.15) is 5.26 Å². The van der Waals surface area contributed by atoms with Gasteiger partial charge in [-0.25, -0.2) is 0 Å². The number of likely N-dealkylation sites (tertiary alicyclic amines) is 1. The molecule has 4 heteroatoms. The van der Waals surface area contributed by atoms with E-state index in [9.17, 15) is 0 Å². The lowest BCUT2D eigenvalue weighted by molar-refractivity contribution is 0.0534. The molecule has 2 heterocycles. The highest BCUT2D eigenvalue weighted by Crippen LogP contribution is 2.19. The van der Waals surface area contributed by atoms with E-state index in [-0.39, 0.29) is 6.04 Å². The summed E-state index contributed by atoms with van der Waals surface area (Å²) in [7, 11) is 0. The molecule has 2 aliphatic heterocycles. The number of piperidine rings is 1. The number of hydrogen-bond acceptors (Lipinski definition) is 4. The maximum Gasteiger partial charge on any atom is 0.0950 e. The van der Waals surface area contributed by atoms with Gasteiger partial charge in [0.15, 0.2) is 0 Å². The highest BCUT2D eigenvalue weighted by molar-refractivity contribution is 4.91. The normalized spacial score (nSPS) is 26.2. The lowest BCUT2D eigenvalue weighted by Crippen LogP contribution is -2.54. The van der Waals surface area contributed by atoms with E-state index in [2.05, 4.69) is 27.7 Å². The molecule has 0 aromatic carbocycles. The first kappa shape index (κ1) is 14.8. The average Bonchev–Trinajstić information content (AvgIpc) is 2.48. The Hall–Kier alpha value is -0.630. The molecule has 0 aromatic rings. The molecule has 2 aliphatic rings. The summed E-state index contributed by atoms with van der Waals surface area (Å²) in [5.41, 5.74) is 0. The van der Waals surface area contributed by atoms with Crippen molar-refractivity contribution >= 4 is 0 Å². The van der Waals surface area contributed by atoms with Crippen LogP contribution in [0.5, 0.6) is 0 Å². The van der Waals surface area contributed by atoms with Crippen molar-refractivity contribution in [1.82, 2.24) is 14.7 Å². The van der Waals surface area contributed by atoms with Gasteiger partial charge in [-0.15, -0.1) is 0 Å². The van der Waals surface area contributed by atoms with E-state index < -0.39 is 0 Å². The maximum atomic E-state index is 8.97. The van der Waals surface area contributed by atoms with E-state index in [1.807, 2.05) is 6.92 Å². The Balaban J connectivity index is 1.72. The molecule has 19 heavy (non-hydrogen) atoms. The summed E-state index contributed by atoms with van der Waals surface area (Å²) in [6, 6.07) is 3.21. The summed E-state index contributed by atoms with van der Waals surface area (Å²) in [4.78, 5) is 7.57. The van der Waals surface area contributed by atoms with Crippen LogP contribution < -0.4 is 0 Å². The third-order valence-electron chi connectivity index (χ3n) is 4.70. The predicted octanol–water partition coefficient (Wildman–Crippen LogP) is 1.39. The van der Waals surface area contributed by atoms with Crippen LogP contribution in [-0.4, -0.2) is 72.6 Å². The van der Waals surface area contributed by atoms with Crippen LogP contribution in [0, 0.1) is 11.3 Å². The van der Waals surface area contributed by atoms with Crippen molar-refractivity contribution in [3.05, 3.63) is 0 Å². The number of rotatable bonds is 4. The fourth-order valence-corrected chi connectivity index (χ4v) is 3.40. The SMILES string of the molecule is CCCN1CCC(N2CCN([C@H](C)C#N)CC2)CC1. The first-order valence-electron chi connectivity index (χ1n) is 7.84. The minimum atomic E-state index is 0.0774. The van der Waals surface area contributed by atoms with E-state index in [0.717, 1.165) is 32.2 Å². The van der Waals surface area contributed by atoms with Gasteiger partial charge in [0, 0.05) is 32.2 Å². The molecule has 108 valence electrons. The van der Waals surface area contributed by atoms with Gasteiger partial charge in [0.05, 0.1) is 12.1 Å². The molecule has 0 bridgehead atoms. The number of hydrogen-bond donors (Lipinski definition) is 0. The van der Waals surface area contributed by atoms with Gasteiger partial charge in [-0.1, -0.05) is 6.92 Å². The molecule has 0 saturated carbocycles. The molecule has 2 rings (SSSR count). The van der Waals surface area contributed by atoms with Crippen molar-refractivity contribution in [3.8, 4) is 6.07 Å². The molecule has 0 aromatic heterocycles. The number of nitriles is 1. The lowest BCUT2D eigenvalue weighted by atomic mass is 10.0. The Morgan fingerprint density at radius 1 is 1.11 bits per heavy atom. The van der Waals surface area contributed by atoms with Crippen LogP contribution in [-0.2, 0) is 0 Å². The van der Waals surface area contributed by atoms with Gasteiger partial charge in [0.2, 0.25) is 0 Å². The maximum absolute atomic E-state index is 8.97. The van der Waals surface area contributed by atoms with Crippen LogP contribution in [0.25, 0.3) is 0 Å². The van der Waals surface area contributed by atoms with Crippen molar-refractivity contribution in [2.24, 2.45) is 0 Å². The molecule has 0 amide bonds. The number of nitrogens with zero attached hydrogens (tertiary/aromatic N) is 4. The summed E-state index contributed by atoms with van der Waals surface area (Å²) in [6.45, 7) is 12.5. The Morgan fingerprint density at radius 2 is 1.74 bits per heavy atom. The quantitative estimate of drug-likeness (QED) is 0.768. The van der Waals surface area contributed by atoms with Crippen molar-refractivity contribution in [1.29, 1.82) is 5.26 Å². The van der Waals surface area contributed by atoms with Crippen molar-refractivity contribution < 1.29 is 0 Å². The van der Waals surface area contributed by atoms with Crippen LogP contribution >= 0.6 is 0 Å².